The first kappa shape index (κ1) is 19.9. The Morgan fingerprint density at radius 2 is 1.72 bits per heavy atom. The quantitative estimate of drug-likeness (QED) is 0.588. The van der Waals surface area contributed by atoms with Crippen LogP contribution in [0.1, 0.15) is 36.9 Å². The maximum atomic E-state index is 12.1. The molecule has 0 aliphatic rings. The normalized spacial score (nSPS) is 11.0. The van der Waals surface area contributed by atoms with Gasteiger partial charge in [0.25, 0.3) is 0 Å². The number of nitrogens with zero attached hydrogens (tertiary/aromatic N) is 1. The zero-order valence-corrected chi connectivity index (χ0v) is 16.4. The molecule has 150 valence electrons. The molecule has 3 aromatic rings. The maximum Gasteiger partial charge on any atom is 0.324 e. The molecule has 0 aliphatic carbocycles. The first-order valence-electron chi connectivity index (χ1n) is 8.94. The third kappa shape index (κ3) is 5.35. The van der Waals surface area contributed by atoms with E-state index in [0.29, 0.717) is 34.3 Å². The summed E-state index contributed by atoms with van der Waals surface area (Å²) >= 11 is 0. The van der Waals surface area contributed by atoms with E-state index in [4.69, 9.17) is 15.0 Å². The number of benzene rings is 2. The summed E-state index contributed by atoms with van der Waals surface area (Å²) in [6.45, 7) is 5.97. The molecule has 0 spiro atoms. The van der Waals surface area contributed by atoms with Crippen molar-refractivity contribution in [2.45, 2.75) is 26.2 Å². The summed E-state index contributed by atoms with van der Waals surface area (Å²) in [7, 11) is 0. The summed E-state index contributed by atoms with van der Waals surface area (Å²) in [5.74, 6) is 1.52. The molecule has 3 rings (SSSR count). The van der Waals surface area contributed by atoms with E-state index in [1.165, 1.54) is 0 Å². The Kier molecular flexibility index (Phi) is 5.54. The van der Waals surface area contributed by atoms with Gasteiger partial charge in [-0.05, 0) is 42.5 Å². The van der Waals surface area contributed by atoms with Gasteiger partial charge in [-0.25, -0.2) is 4.79 Å². The fourth-order valence-electron chi connectivity index (χ4n) is 2.42. The molecule has 3 amide bonds. The van der Waals surface area contributed by atoms with Gasteiger partial charge in [0.15, 0.2) is 5.82 Å². The summed E-state index contributed by atoms with van der Waals surface area (Å²) in [6.07, 6.45) is 0. The zero-order valence-electron chi connectivity index (χ0n) is 16.4. The van der Waals surface area contributed by atoms with Crippen molar-refractivity contribution in [2.75, 3.05) is 10.6 Å². The lowest BCUT2D eigenvalue weighted by Crippen LogP contribution is -2.19. The predicted molar refractivity (Wildman–Crippen MR) is 109 cm³/mol. The Hall–Kier alpha value is -3.81. The van der Waals surface area contributed by atoms with E-state index >= 15 is 0 Å². The number of nitrogens with one attached hydrogen (secondary N) is 2. The van der Waals surface area contributed by atoms with E-state index in [0.717, 1.165) is 0 Å². The number of carbonyl (C=O) groups is 2. The summed E-state index contributed by atoms with van der Waals surface area (Å²) in [4.78, 5) is 23.4. The Morgan fingerprint density at radius 3 is 2.34 bits per heavy atom. The SMILES string of the molecule is CC(C)(C)c1cc(NC(=O)Nc2ccc(Oc3cccc(C(N)=O)c3)cc2)no1. The lowest BCUT2D eigenvalue weighted by Gasteiger charge is -2.12. The van der Waals surface area contributed by atoms with Crippen LogP contribution in [0.3, 0.4) is 0 Å². The fraction of sp³-hybridized carbons (Fsp3) is 0.190. The monoisotopic (exact) mass is 394 g/mol. The number of primary amides is 1. The molecule has 2 aromatic carbocycles. The van der Waals surface area contributed by atoms with Crippen molar-refractivity contribution in [1.82, 2.24) is 5.16 Å². The average molecular weight is 394 g/mol. The van der Waals surface area contributed by atoms with E-state index in [9.17, 15) is 9.59 Å². The molecule has 0 atom stereocenters. The second-order valence-electron chi connectivity index (χ2n) is 7.42. The summed E-state index contributed by atoms with van der Waals surface area (Å²) < 4.78 is 10.9. The molecule has 1 heterocycles. The molecule has 0 saturated carbocycles. The minimum atomic E-state index is -0.525. The Labute approximate surface area is 168 Å². The minimum absolute atomic E-state index is 0.198. The average Bonchev–Trinajstić information content (AvgIpc) is 3.12. The third-order valence-electron chi connectivity index (χ3n) is 3.96. The minimum Gasteiger partial charge on any atom is -0.457 e. The van der Waals surface area contributed by atoms with Crippen molar-refractivity contribution >= 4 is 23.4 Å². The van der Waals surface area contributed by atoms with Crippen molar-refractivity contribution in [2.24, 2.45) is 5.73 Å². The van der Waals surface area contributed by atoms with Crippen molar-refractivity contribution < 1.29 is 18.8 Å². The predicted octanol–water partition coefficient (Wildman–Crippen LogP) is 4.51. The smallest absolute Gasteiger partial charge is 0.324 e. The molecule has 4 N–H and O–H groups in total. The van der Waals surface area contributed by atoms with E-state index in [1.807, 2.05) is 20.8 Å². The highest BCUT2D eigenvalue weighted by Gasteiger charge is 2.20. The highest BCUT2D eigenvalue weighted by atomic mass is 16.5. The van der Waals surface area contributed by atoms with Gasteiger partial charge >= 0.3 is 6.03 Å². The van der Waals surface area contributed by atoms with Gasteiger partial charge in [0.05, 0.1) is 0 Å². The van der Waals surface area contributed by atoms with E-state index in [1.54, 1.807) is 54.6 Å². The summed E-state index contributed by atoms with van der Waals surface area (Å²) in [5, 5.41) is 9.17. The Morgan fingerprint density at radius 1 is 1.00 bits per heavy atom. The molecule has 8 nitrogen and oxygen atoms in total. The molecule has 29 heavy (non-hydrogen) atoms. The standard InChI is InChI=1S/C21H22N4O4/c1-21(2,3)17-12-18(25-29-17)24-20(27)23-14-7-9-15(10-8-14)28-16-6-4-5-13(11-16)19(22)26/h4-12H,1-3H3,(H2,22,26)(H2,23,24,25,27). The van der Waals surface area contributed by atoms with Gasteiger partial charge in [-0.3, -0.25) is 10.1 Å². The fourth-order valence-corrected chi connectivity index (χ4v) is 2.42. The van der Waals surface area contributed by atoms with Crippen LogP contribution >= 0.6 is 0 Å². The van der Waals surface area contributed by atoms with Gasteiger partial charge in [-0.15, -0.1) is 0 Å². The van der Waals surface area contributed by atoms with Crippen LogP contribution in [0, 0.1) is 0 Å². The lowest BCUT2D eigenvalue weighted by molar-refractivity contribution is 0.1000. The molecular formula is C21H22N4O4. The van der Waals surface area contributed by atoms with Crippen LogP contribution < -0.4 is 21.1 Å². The van der Waals surface area contributed by atoms with Crippen LogP contribution in [0.15, 0.2) is 59.1 Å². The molecule has 0 aliphatic heterocycles. The van der Waals surface area contributed by atoms with E-state index in [2.05, 4.69) is 15.8 Å². The van der Waals surface area contributed by atoms with Crippen LogP contribution in [-0.2, 0) is 5.41 Å². The number of rotatable bonds is 5. The summed E-state index contributed by atoms with van der Waals surface area (Å²) in [6, 6.07) is 14.6. The maximum absolute atomic E-state index is 12.1. The van der Waals surface area contributed by atoms with E-state index < -0.39 is 11.9 Å². The number of nitrogens with two attached hydrogens (primary N) is 1. The number of anilines is 2. The van der Waals surface area contributed by atoms with Crippen molar-refractivity contribution in [1.29, 1.82) is 0 Å². The number of carbonyl (C=O) groups excluding carboxylic acids is 2. The van der Waals surface area contributed by atoms with Gasteiger partial charge in [-0.1, -0.05) is 32.0 Å². The number of ether oxygens (including phenoxy) is 1. The zero-order chi connectivity index (χ0) is 21.0. The van der Waals surface area contributed by atoms with Crippen molar-refractivity contribution in [3.8, 4) is 11.5 Å². The summed E-state index contributed by atoms with van der Waals surface area (Å²) in [5.41, 5.74) is 6.00. The highest BCUT2D eigenvalue weighted by molar-refractivity contribution is 5.99. The van der Waals surface area contributed by atoms with Crippen LogP contribution in [-0.4, -0.2) is 17.1 Å². The Balaban J connectivity index is 1.59. The molecule has 0 unspecified atom stereocenters. The van der Waals surface area contributed by atoms with Gasteiger partial charge in [-0.2, -0.15) is 0 Å². The molecule has 0 saturated heterocycles. The van der Waals surface area contributed by atoms with Gasteiger partial charge in [0, 0.05) is 22.7 Å². The molecule has 0 fully saturated rings. The van der Waals surface area contributed by atoms with Gasteiger partial charge in [0.2, 0.25) is 5.91 Å². The number of amides is 3. The number of aromatic nitrogens is 1. The highest BCUT2D eigenvalue weighted by Crippen LogP contribution is 2.25. The van der Waals surface area contributed by atoms with Gasteiger partial charge in [0.1, 0.15) is 17.3 Å². The number of urea groups is 1. The van der Waals surface area contributed by atoms with Crippen LogP contribution in [0.25, 0.3) is 0 Å². The Bertz CT molecular complexity index is 1020. The first-order valence-corrected chi connectivity index (χ1v) is 8.94. The molecule has 0 radical (unpaired) electrons. The van der Waals surface area contributed by atoms with Crippen LogP contribution in [0.4, 0.5) is 16.3 Å². The topological polar surface area (TPSA) is 119 Å². The van der Waals surface area contributed by atoms with Crippen LogP contribution in [0.2, 0.25) is 0 Å². The van der Waals surface area contributed by atoms with E-state index in [-0.39, 0.29) is 5.41 Å². The lowest BCUT2D eigenvalue weighted by atomic mass is 9.93. The molecule has 1 aromatic heterocycles. The second kappa shape index (κ2) is 8.05. The molecular weight excluding hydrogens is 372 g/mol. The number of hydrogen-bond acceptors (Lipinski definition) is 5. The van der Waals surface area contributed by atoms with Crippen molar-refractivity contribution in [3.63, 3.8) is 0 Å². The largest absolute Gasteiger partial charge is 0.457 e. The number of hydrogen-bond donors (Lipinski definition) is 3. The van der Waals surface area contributed by atoms with Gasteiger partial charge < -0.3 is 20.3 Å². The van der Waals surface area contributed by atoms with Crippen molar-refractivity contribution in [3.05, 3.63) is 65.9 Å². The third-order valence-corrected chi connectivity index (χ3v) is 3.96. The van der Waals surface area contributed by atoms with Crippen LogP contribution in [0.5, 0.6) is 11.5 Å². The second-order valence-corrected chi connectivity index (χ2v) is 7.42. The first-order chi connectivity index (χ1) is 13.7. The molecule has 0 bridgehead atoms. The molecule has 8 heteroatoms.